The summed E-state index contributed by atoms with van der Waals surface area (Å²) in [6, 6.07) is 13.5. The highest BCUT2D eigenvalue weighted by Gasteiger charge is 2.21. The van der Waals surface area contributed by atoms with Crippen molar-refractivity contribution in [3.8, 4) is 5.75 Å². The number of rotatable bonds is 6. The Kier molecular flexibility index (Phi) is 6.79. The van der Waals surface area contributed by atoms with Crippen LogP contribution < -0.4 is 9.04 Å². The van der Waals surface area contributed by atoms with Crippen LogP contribution in [0.15, 0.2) is 53.4 Å². The summed E-state index contributed by atoms with van der Waals surface area (Å²) in [4.78, 5) is 14.4. The zero-order valence-electron chi connectivity index (χ0n) is 17.0. The van der Waals surface area contributed by atoms with E-state index in [1.807, 2.05) is 11.8 Å². The van der Waals surface area contributed by atoms with Gasteiger partial charge in [-0.2, -0.15) is 0 Å². The van der Waals surface area contributed by atoms with E-state index in [2.05, 4.69) is 0 Å². The molecule has 0 aromatic heterocycles. The van der Waals surface area contributed by atoms with Crippen LogP contribution in [0.4, 0.5) is 5.69 Å². The molecule has 1 amide bonds. The first-order valence-corrected chi connectivity index (χ1v) is 11.4. The minimum atomic E-state index is -3.63. The molecule has 1 fully saturated rings. The number of ether oxygens (including phenoxy) is 1. The van der Waals surface area contributed by atoms with Crippen LogP contribution in [0.3, 0.4) is 0 Å². The summed E-state index contributed by atoms with van der Waals surface area (Å²) < 4.78 is 32.4. The van der Waals surface area contributed by atoms with Gasteiger partial charge in [0.25, 0.3) is 15.9 Å². The van der Waals surface area contributed by atoms with Crippen LogP contribution in [0.2, 0.25) is 0 Å². The summed E-state index contributed by atoms with van der Waals surface area (Å²) in [5.74, 6) is 0.535. The van der Waals surface area contributed by atoms with Crippen LogP contribution in [-0.4, -0.2) is 46.0 Å². The fraction of sp³-hybridized carbons (Fsp3) is 0.409. The first-order chi connectivity index (χ1) is 13.9. The molecule has 0 unspecified atom stereocenters. The second kappa shape index (κ2) is 9.31. The van der Waals surface area contributed by atoms with Crippen molar-refractivity contribution < 1.29 is 17.9 Å². The number of hydrogen-bond acceptors (Lipinski definition) is 4. The summed E-state index contributed by atoms with van der Waals surface area (Å²) >= 11 is 0. The highest BCUT2D eigenvalue weighted by Crippen LogP contribution is 2.24. The monoisotopic (exact) mass is 416 g/mol. The fourth-order valence-electron chi connectivity index (χ4n) is 3.32. The van der Waals surface area contributed by atoms with Gasteiger partial charge < -0.3 is 9.64 Å². The van der Waals surface area contributed by atoms with Crippen molar-refractivity contribution in [1.82, 2.24) is 4.90 Å². The SMILES string of the molecule is Cc1ccc(S(=O)(=O)N(C)c2ccc(OCC(=O)N3CCCCCC3)cc2)cc1. The Balaban J connectivity index is 1.61. The molecule has 0 N–H and O–H groups in total. The highest BCUT2D eigenvalue weighted by molar-refractivity contribution is 7.92. The predicted octanol–water partition coefficient (Wildman–Crippen LogP) is 3.60. The molecule has 2 aromatic carbocycles. The van der Waals surface area contributed by atoms with E-state index < -0.39 is 10.0 Å². The van der Waals surface area contributed by atoms with E-state index >= 15 is 0 Å². The lowest BCUT2D eigenvalue weighted by atomic mass is 10.2. The molecule has 1 aliphatic heterocycles. The number of nitrogens with zero attached hydrogens (tertiary/aromatic N) is 2. The Morgan fingerprint density at radius 1 is 0.966 bits per heavy atom. The van der Waals surface area contributed by atoms with Gasteiger partial charge in [-0.15, -0.1) is 0 Å². The maximum Gasteiger partial charge on any atom is 0.264 e. The molecule has 156 valence electrons. The van der Waals surface area contributed by atoms with Crippen molar-refractivity contribution in [2.45, 2.75) is 37.5 Å². The van der Waals surface area contributed by atoms with Gasteiger partial charge in [-0.25, -0.2) is 8.42 Å². The van der Waals surface area contributed by atoms with Crippen molar-refractivity contribution in [2.24, 2.45) is 0 Å². The standard InChI is InChI=1S/C22H28N2O4S/c1-18-7-13-21(14-8-18)29(26,27)23(2)19-9-11-20(12-10-19)28-17-22(25)24-15-5-3-4-6-16-24/h7-14H,3-6,15-17H2,1-2H3. The maximum absolute atomic E-state index is 12.8. The molecule has 1 heterocycles. The lowest BCUT2D eigenvalue weighted by Gasteiger charge is -2.21. The Morgan fingerprint density at radius 3 is 2.14 bits per heavy atom. The van der Waals surface area contributed by atoms with E-state index in [1.54, 1.807) is 48.5 Å². The van der Waals surface area contributed by atoms with Crippen LogP contribution in [0.25, 0.3) is 0 Å². The van der Waals surface area contributed by atoms with E-state index in [-0.39, 0.29) is 17.4 Å². The maximum atomic E-state index is 12.8. The third-order valence-corrected chi connectivity index (χ3v) is 7.00. The van der Waals surface area contributed by atoms with Gasteiger partial charge in [-0.3, -0.25) is 9.10 Å². The Labute approximate surface area is 173 Å². The molecule has 0 aliphatic carbocycles. The lowest BCUT2D eigenvalue weighted by Crippen LogP contribution is -2.35. The normalized spacial score (nSPS) is 14.9. The summed E-state index contributed by atoms with van der Waals surface area (Å²) in [5.41, 5.74) is 1.53. The molecular weight excluding hydrogens is 388 g/mol. The first-order valence-electron chi connectivity index (χ1n) is 9.94. The molecule has 0 radical (unpaired) electrons. The number of amides is 1. The molecule has 1 aliphatic rings. The van der Waals surface area contributed by atoms with Crippen molar-refractivity contribution in [3.63, 3.8) is 0 Å². The van der Waals surface area contributed by atoms with E-state index in [4.69, 9.17) is 4.74 Å². The Bertz CT molecular complexity index is 916. The van der Waals surface area contributed by atoms with Crippen LogP contribution in [-0.2, 0) is 14.8 Å². The second-order valence-electron chi connectivity index (χ2n) is 7.36. The van der Waals surface area contributed by atoms with Gasteiger partial charge in [-0.05, 0) is 56.2 Å². The number of carbonyl (C=O) groups excluding carboxylic acids is 1. The molecular formula is C22H28N2O4S. The third-order valence-electron chi connectivity index (χ3n) is 5.20. The molecule has 1 saturated heterocycles. The van der Waals surface area contributed by atoms with Crippen LogP contribution in [0.5, 0.6) is 5.75 Å². The number of aryl methyl sites for hydroxylation is 1. The third kappa shape index (κ3) is 5.29. The average molecular weight is 417 g/mol. The zero-order chi connectivity index (χ0) is 20.9. The van der Waals surface area contributed by atoms with Gasteiger partial charge in [0.2, 0.25) is 0 Å². The molecule has 7 heteroatoms. The van der Waals surface area contributed by atoms with E-state index in [0.717, 1.165) is 31.5 Å². The summed E-state index contributed by atoms with van der Waals surface area (Å²) in [7, 11) is -2.11. The Hall–Kier alpha value is -2.54. The van der Waals surface area contributed by atoms with Crippen molar-refractivity contribution in [3.05, 3.63) is 54.1 Å². The number of benzene rings is 2. The molecule has 6 nitrogen and oxygen atoms in total. The van der Waals surface area contributed by atoms with Gasteiger partial charge >= 0.3 is 0 Å². The lowest BCUT2D eigenvalue weighted by molar-refractivity contribution is -0.133. The van der Waals surface area contributed by atoms with Crippen LogP contribution in [0.1, 0.15) is 31.2 Å². The number of likely N-dealkylation sites (tertiary alicyclic amines) is 1. The van der Waals surface area contributed by atoms with Gasteiger partial charge in [0, 0.05) is 20.1 Å². The smallest absolute Gasteiger partial charge is 0.264 e. The first kappa shape index (κ1) is 21.2. The highest BCUT2D eigenvalue weighted by atomic mass is 32.2. The number of hydrogen-bond donors (Lipinski definition) is 0. The zero-order valence-corrected chi connectivity index (χ0v) is 17.8. The molecule has 0 atom stereocenters. The molecule has 0 saturated carbocycles. The van der Waals surface area contributed by atoms with E-state index in [0.29, 0.717) is 11.4 Å². The molecule has 29 heavy (non-hydrogen) atoms. The summed E-state index contributed by atoms with van der Waals surface area (Å²) in [6.45, 7) is 3.50. The number of carbonyl (C=O) groups is 1. The van der Waals surface area contributed by atoms with Crippen LogP contribution >= 0.6 is 0 Å². The van der Waals surface area contributed by atoms with Crippen molar-refractivity contribution in [1.29, 1.82) is 0 Å². The minimum absolute atomic E-state index is 0.00312. The number of sulfonamides is 1. The van der Waals surface area contributed by atoms with Gasteiger partial charge in [-0.1, -0.05) is 30.5 Å². The quantitative estimate of drug-likeness (QED) is 0.722. The van der Waals surface area contributed by atoms with Gasteiger partial charge in [0.15, 0.2) is 6.61 Å². The largest absolute Gasteiger partial charge is 0.484 e. The summed E-state index contributed by atoms with van der Waals surface area (Å²) in [5, 5.41) is 0. The van der Waals surface area contributed by atoms with E-state index in [1.165, 1.54) is 24.2 Å². The predicted molar refractivity (Wildman–Crippen MR) is 114 cm³/mol. The van der Waals surface area contributed by atoms with Crippen LogP contribution in [0, 0.1) is 6.92 Å². The topological polar surface area (TPSA) is 66.9 Å². The molecule has 0 spiro atoms. The summed E-state index contributed by atoms with van der Waals surface area (Å²) in [6.07, 6.45) is 4.43. The van der Waals surface area contributed by atoms with E-state index in [9.17, 15) is 13.2 Å². The van der Waals surface area contributed by atoms with Gasteiger partial charge in [0.05, 0.1) is 10.6 Å². The van der Waals surface area contributed by atoms with Gasteiger partial charge in [0.1, 0.15) is 5.75 Å². The Morgan fingerprint density at radius 2 is 1.55 bits per heavy atom. The fourth-order valence-corrected chi connectivity index (χ4v) is 4.51. The average Bonchev–Trinajstić information content (AvgIpc) is 3.02. The molecule has 2 aromatic rings. The number of anilines is 1. The molecule has 3 rings (SSSR count). The van der Waals surface area contributed by atoms with Crippen molar-refractivity contribution in [2.75, 3.05) is 31.0 Å². The minimum Gasteiger partial charge on any atom is -0.484 e. The second-order valence-corrected chi connectivity index (χ2v) is 9.33. The molecule has 0 bridgehead atoms. The van der Waals surface area contributed by atoms with Crippen molar-refractivity contribution >= 4 is 21.6 Å².